The molecule has 0 N–H and O–H groups in total. The lowest BCUT2D eigenvalue weighted by Crippen LogP contribution is -2.51. The number of hydrogen-bond acceptors (Lipinski definition) is 2. The normalized spacial score (nSPS) is 44.5. The fourth-order valence-electron chi connectivity index (χ4n) is 8.42. The molecule has 0 aromatic rings. The Balaban J connectivity index is 1.57. The Bertz CT molecular complexity index is 734. The van der Waals surface area contributed by atoms with Gasteiger partial charge in [0.2, 0.25) is 0 Å². The summed E-state index contributed by atoms with van der Waals surface area (Å²) < 4.78 is 6.52. The third-order valence-corrected chi connectivity index (χ3v) is 10.6. The Hall–Kier alpha value is -0.673. The van der Waals surface area contributed by atoms with Crippen LogP contribution in [0.2, 0.25) is 19.6 Å². The van der Waals surface area contributed by atoms with Gasteiger partial charge in [0.25, 0.3) is 0 Å². The molecule has 0 amide bonds. The molecule has 0 heterocycles. The van der Waals surface area contributed by atoms with Crippen LogP contribution in [0.25, 0.3) is 0 Å². The molecule has 0 radical (unpaired) electrons. The van der Waals surface area contributed by atoms with Crippen LogP contribution in [0.5, 0.6) is 0 Å². The van der Waals surface area contributed by atoms with Crippen LogP contribution in [-0.2, 0) is 9.22 Å². The average molecular weight is 429 g/mol. The van der Waals surface area contributed by atoms with Crippen molar-refractivity contribution in [3.05, 3.63) is 24.3 Å². The van der Waals surface area contributed by atoms with Crippen molar-refractivity contribution >= 4 is 14.1 Å². The van der Waals surface area contributed by atoms with E-state index in [0.717, 1.165) is 25.2 Å². The lowest BCUT2D eigenvalue weighted by Gasteiger charge is -2.58. The highest BCUT2D eigenvalue weighted by Crippen LogP contribution is 2.66. The lowest BCUT2D eigenvalue weighted by molar-refractivity contribution is -0.124. The van der Waals surface area contributed by atoms with Crippen LogP contribution in [0.3, 0.4) is 0 Å². The molecule has 4 rings (SSSR count). The quantitative estimate of drug-likeness (QED) is 0.342. The summed E-state index contributed by atoms with van der Waals surface area (Å²) >= 11 is 0. The molecule has 3 unspecified atom stereocenters. The molecule has 0 aliphatic heterocycles. The van der Waals surface area contributed by atoms with E-state index in [0.29, 0.717) is 35.1 Å². The maximum absolute atomic E-state index is 13.2. The summed E-state index contributed by atoms with van der Waals surface area (Å²) in [6.07, 6.45) is 14.2. The first-order valence-corrected chi connectivity index (χ1v) is 15.9. The minimum absolute atomic E-state index is 0.195. The van der Waals surface area contributed by atoms with Gasteiger partial charge >= 0.3 is 0 Å². The van der Waals surface area contributed by atoms with Gasteiger partial charge in [-0.1, -0.05) is 38.5 Å². The second-order valence-corrected chi connectivity index (χ2v) is 17.0. The van der Waals surface area contributed by atoms with Gasteiger partial charge in [-0.15, -0.1) is 6.58 Å². The summed E-state index contributed by atoms with van der Waals surface area (Å²) in [4.78, 5) is 13.2. The zero-order valence-electron chi connectivity index (χ0n) is 20.3. The first-order valence-electron chi connectivity index (χ1n) is 12.5. The van der Waals surface area contributed by atoms with Crippen molar-refractivity contribution in [1.29, 1.82) is 0 Å². The van der Waals surface area contributed by atoms with Crippen molar-refractivity contribution in [3.63, 3.8) is 0 Å². The summed E-state index contributed by atoms with van der Waals surface area (Å²) in [6, 6.07) is 0. The number of fused-ring (bicyclic) bond motifs is 5. The molecule has 3 heteroatoms. The maximum atomic E-state index is 13.2. The number of rotatable bonds is 5. The van der Waals surface area contributed by atoms with Crippen LogP contribution in [-0.4, -0.2) is 20.2 Å². The number of hydrogen-bond donors (Lipinski definition) is 0. The number of carbonyl (C=O) groups excluding carboxylic acids is 1. The number of allylic oxidation sites excluding steroid dienone is 2. The van der Waals surface area contributed by atoms with Gasteiger partial charge < -0.3 is 4.43 Å². The molecule has 4 aliphatic carbocycles. The van der Waals surface area contributed by atoms with Crippen molar-refractivity contribution in [3.8, 4) is 0 Å². The lowest BCUT2D eigenvalue weighted by atomic mass is 9.47. The Morgan fingerprint density at radius 1 is 1.20 bits per heavy atom. The van der Waals surface area contributed by atoms with Gasteiger partial charge in [-0.25, -0.2) is 0 Å². The monoisotopic (exact) mass is 428 g/mol. The van der Waals surface area contributed by atoms with Crippen LogP contribution in [0, 0.1) is 40.4 Å². The minimum Gasteiger partial charge on any atom is -0.414 e. The zero-order chi connectivity index (χ0) is 21.9. The highest BCUT2D eigenvalue weighted by atomic mass is 28.4. The standard InChI is InChI=1S/C27H44O2Si/c1-8-9-18(2)25-24(28)17-23-21-11-10-19-16-20(29-30(5,6)7)12-14-26(19,3)22(21)13-15-27(23,25)4/h8,10,18,20-23,25H,1,9,11-17H2,2-7H3/t18-,20+,21?,22?,23?,25+,26+,27+/m1/s1. The molecule has 0 aromatic carbocycles. The topological polar surface area (TPSA) is 26.3 Å². The molecule has 4 aliphatic rings. The van der Waals surface area contributed by atoms with Crippen molar-refractivity contribution in [2.75, 3.05) is 0 Å². The SMILES string of the molecule is C=CC[C@@H](C)[C@H]1C(=O)CC2C3CC=C4C[C@@H](O[Si](C)(C)C)CC[C@]4(C)C3CC[C@@]21C. The highest BCUT2D eigenvalue weighted by Gasteiger charge is 2.61. The molecular weight excluding hydrogens is 384 g/mol. The van der Waals surface area contributed by atoms with E-state index in [1.165, 1.54) is 32.1 Å². The molecule has 30 heavy (non-hydrogen) atoms. The van der Waals surface area contributed by atoms with Gasteiger partial charge in [0.15, 0.2) is 8.32 Å². The summed E-state index contributed by atoms with van der Waals surface area (Å²) in [7, 11) is -1.49. The Morgan fingerprint density at radius 3 is 2.60 bits per heavy atom. The van der Waals surface area contributed by atoms with Crippen molar-refractivity contribution in [2.45, 2.75) is 97.9 Å². The van der Waals surface area contributed by atoms with E-state index in [4.69, 9.17) is 4.43 Å². The number of ketones is 1. The van der Waals surface area contributed by atoms with Crippen molar-refractivity contribution < 1.29 is 9.22 Å². The number of Topliss-reactive ketones (excluding diaryl/α,β-unsaturated/α-hetero) is 1. The third-order valence-electron chi connectivity index (χ3n) is 9.60. The predicted molar refractivity (Wildman–Crippen MR) is 128 cm³/mol. The molecular formula is C27H44O2Si. The largest absolute Gasteiger partial charge is 0.414 e. The van der Waals surface area contributed by atoms with Crippen LogP contribution in [0.15, 0.2) is 24.3 Å². The van der Waals surface area contributed by atoms with Gasteiger partial charge in [0.05, 0.1) is 0 Å². The Morgan fingerprint density at radius 2 is 1.93 bits per heavy atom. The molecule has 0 saturated heterocycles. The molecule has 2 nitrogen and oxygen atoms in total. The van der Waals surface area contributed by atoms with Crippen LogP contribution < -0.4 is 0 Å². The molecule has 168 valence electrons. The van der Waals surface area contributed by atoms with Crippen LogP contribution in [0.1, 0.15) is 72.1 Å². The van der Waals surface area contributed by atoms with E-state index in [-0.39, 0.29) is 11.3 Å². The average Bonchev–Trinajstić information content (AvgIpc) is 2.91. The van der Waals surface area contributed by atoms with E-state index in [1.54, 1.807) is 5.57 Å². The smallest absolute Gasteiger partial charge is 0.184 e. The van der Waals surface area contributed by atoms with Crippen LogP contribution in [0.4, 0.5) is 0 Å². The second kappa shape index (κ2) is 7.73. The van der Waals surface area contributed by atoms with E-state index in [1.807, 2.05) is 6.08 Å². The maximum Gasteiger partial charge on any atom is 0.184 e. The molecule has 0 spiro atoms. The van der Waals surface area contributed by atoms with Gasteiger partial charge in [0, 0.05) is 18.4 Å². The molecule has 0 bridgehead atoms. The van der Waals surface area contributed by atoms with Gasteiger partial charge in [-0.3, -0.25) is 4.79 Å². The summed E-state index contributed by atoms with van der Waals surface area (Å²) in [5.41, 5.74) is 2.21. The second-order valence-electron chi connectivity index (χ2n) is 12.5. The van der Waals surface area contributed by atoms with E-state index in [2.05, 4.69) is 53.1 Å². The first kappa shape index (κ1) is 22.5. The summed E-state index contributed by atoms with van der Waals surface area (Å²) in [5.74, 6) is 3.24. The molecule has 3 saturated carbocycles. The zero-order valence-corrected chi connectivity index (χ0v) is 21.3. The molecule has 0 aromatic heterocycles. The van der Waals surface area contributed by atoms with Crippen molar-refractivity contribution in [2.24, 2.45) is 40.4 Å². The van der Waals surface area contributed by atoms with E-state index >= 15 is 0 Å². The fourth-order valence-corrected chi connectivity index (χ4v) is 9.63. The summed E-state index contributed by atoms with van der Waals surface area (Å²) in [6.45, 7) is 18.2. The molecule has 3 fully saturated rings. The highest BCUT2D eigenvalue weighted by molar-refractivity contribution is 6.69. The summed E-state index contributed by atoms with van der Waals surface area (Å²) in [5, 5.41) is 0. The Kier molecular flexibility index (Phi) is 5.80. The van der Waals surface area contributed by atoms with Crippen LogP contribution >= 0.6 is 0 Å². The first-order chi connectivity index (χ1) is 14.0. The van der Waals surface area contributed by atoms with Gasteiger partial charge in [0.1, 0.15) is 5.78 Å². The third kappa shape index (κ3) is 3.62. The predicted octanol–water partition coefficient (Wildman–Crippen LogP) is 7.18. The van der Waals surface area contributed by atoms with E-state index < -0.39 is 8.32 Å². The minimum atomic E-state index is -1.49. The van der Waals surface area contributed by atoms with Gasteiger partial charge in [-0.2, -0.15) is 0 Å². The Labute approximate surface area is 186 Å². The van der Waals surface area contributed by atoms with E-state index in [9.17, 15) is 4.79 Å². The fraction of sp³-hybridized carbons (Fsp3) is 0.815. The van der Waals surface area contributed by atoms with Gasteiger partial charge in [-0.05, 0) is 99.1 Å². The number of carbonyl (C=O) groups is 1. The van der Waals surface area contributed by atoms with Crippen molar-refractivity contribution in [1.82, 2.24) is 0 Å². The molecule has 8 atom stereocenters.